The maximum Gasteiger partial charge on any atom is 0.257 e. The Bertz CT molecular complexity index is 350. The maximum absolute atomic E-state index is 11.5. The van der Waals surface area contributed by atoms with Crippen molar-refractivity contribution in [1.82, 2.24) is 4.90 Å². The lowest BCUT2D eigenvalue weighted by molar-refractivity contribution is 0.0824. The fourth-order valence-corrected chi connectivity index (χ4v) is 1.49. The second kappa shape index (κ2) is 4.37. The zero-order chi connectivity index (χ0) is 10.7. The Morgan fingerprint density at radius 1 is 1.43 bits per heavy atom. The molecule has 1 amide bonds. The van der Waals surface area contributed by atoms with E-state index in [1.165, 1.54) is 16.7 Å². The van der Waals surface area contributed by atoms with Crippen molar-refractivity contribution in [2.24, 2.45) is 0 Å². The normalized spacial score (nSPS) is 9.93. The minimum absolute atomic E-state index is 0.0375. The van der Waals surface area contributed by atoms with Gasteiger partial charge in [-0.15, -0.1) is 11.8 Å². The minimum Gasteiger partial charge on any atom is -0.507 e. The molecule has 0 saturated heterocycles. The van der Waals surface area contributed by atoms with Crippen LogP contribution >= 0.6 is 11.8 Å². The van der Waals surface area contributed by atoms with Gasteiger partial charge < -0.3 is 10.0 Å². The number of rotatable bonds is 2. The topological polar surface area (TPSA) is 40.5 Å². The first-order chi connectivity index (χ1) is 6.56. The third-order valence-electron chi connectivity index (χ3n) is 1.84. The Morgan fingerprint density at radius 2 is 2.07 bits per heavy atom. The van der Waals surface area contributed by atoms with Gasteiger partial charge in [0.1, 0.15) is 5.75 Å². The van der Waals surface area contributed by atoms with E-state index in [9.17, 15) is 9.90 Å². The number of aromatic hydroxyl groups is 1. The van der Waals surface area contributed by atoms with E-state index in [4.69, 9.17) is 0 Å². The smallest absolute Gasteiger partial charge is 0.257 e. The van der Waals surface area contributed by atoms with Gasteiger partial charge in [0, 0.05) is 19.0 Å². The minimum atomic E-state index is -0.185. The molecule has 0 aliphatic rings. The molecule has 1 aromatic carbocycles. The summed E-state index contributed by atoms with van der Waals surface area (Å²) in [6.07, 6.45) is 1.92. The van der Waals surface area contributed by atoms with Crippen LogP contribution in [0.2, 0.25) is 0 Å². The molecule has 76 valence electrons. The Balaban J connectivity index is 3.06. The zero-order valence-electron chi connectivity index (χ0n) is 8.44. The van der Waals surface area contributed by atoms with Crippen molar-refractivity contribution in [2.45, 2.75) is 4.90 Å². The predicted molar refractivity (Wildman–Crippen MR) is 57.9 cm³/mol. The van der Waals surface area contributed by atoms with E-state index in [0.717, 1.165) is 4.90 Å². The van der Waals surface area contributed by atoms with Crippen LogP contribution in [-0.4, -0.2) is 36.3 Å². The second-order valence-corrected chi connectivity index (χ2v) is 3.96. The van der Waals surface area contributed by atoms with E-state index in [-0.39, 0.29) is 11.7 Å². The van der Waals surface area contributed by atoms with Crippen molar-refractivity contribution in [3.63, 3.8) is 0 Å². The predicted octanol–water partition coefficient (Wildman–Crippen LogP) is 1.82. The maximum atomic E-state index is 11.5. The SMILES string of the molecule is CSc1ccc(C(=O)N(C)C)c(O)c1. The van der Waals surface area contributed by atoms with E-state index < -0.39 is 0 Å². The van der Waals surface area contributed by atoms with E-state index >= 15 is 0 Å². The van der Waals surface area contributed by atoms with Gasteiger partial charge in [0.25, 0.3) is 5.91 Å². The number of phenolic OH excluding ortho intramolecular Hbond substituents is 1. The number of hydrogen-bond donors (Lipinski definition) is 1. The summed E-state index contributed by atoms with van der Waals surface area (Å²) in [6, 6.07) is 5.06. The highest BCUT2D eigenvalue weighted by molar-refractivity contribution is 7.98. The van der Waals surface area contributed by atoms with Crippen LogP contribution in [0.3, 0.4) is 0 Å². The molecule has 0 fully saturated rings. The van der Waals surface area contributed by atoms with Crippen molar-refractivity contribution < 1.29 is 9.90 Å². The molecular formula is C10H13NO2S. The zero-order valence-corrected chi connectivity index (χ0v) is 9.26. The first kappa shape index (κ1) is 10.9. The molecule has 1 N–H and O–H groups in total. The highest BCUT2D eigenvalue weighted by Crippen LogP contribution is 2.24. The van der Waals surface area contributed by atoms with Gasteiger partial charge >= 0.3 is 0 Å². The van der Waals surface area contributed by atoms with E-state index in [0.29, 0.717) is 5.56 Å². The van der Waals surface area contributed by atoms with Crippen LogP contribution in [0, 0.1) is 0 Å². The van der Waals surface area contributed by atoms with Gasteiger partial charge in [-0.3, -0.25) is 4.79 Å². The molecule has 0 heterocycles. The summed E-state index contributed by atoms with van der Waals surface area (Å²) in [4.78, 5) is 13.9. The molecule has 0 spiro atoms. The number of nitrogens with zero attached hydrogens (tertiary/aromatic N) is 1. The quantitative estimate of drug-likeness (QED) is 0.758. The second-order valence-electron chi connectivity index (χ2n) is 3.08. The summed E-state index contributed by atoms with van der Waals surface area (Å²) in [5.41, 5.74) is 0.341. The summed E-state index contributed by atoms with van der Waals surface area (Å²) in [5.74, 6) is -0.147. The van der Waals surface area contributed by atoms with Gasteiger partial charge in [0.15, 0.2) is 0 Å². The molecule has 0 aliphatic carbocycles. The lowest BCUT2D eigenvalue weighted by Gasteiger charge is -2.11. The molecule has 0 atom stereocenters. The number of benzene rings is 1. The fraction of sp³-hybridized carbons (Fsp3) is 0.300. The number of amides is 1. The van der Waals surface area contributed by atoms with Crippen LogP contribution < -0.4 is 0 Å². The van der Waals surface area contributed by atoms with Gasteiger partial charge in [-0.05, 0) is 24.5 Å². The number of hydrogen-bond acceptors (Lipinski definition) is 3. The standard InChI is InChI=1S/C10H13NO2S/c1-11(2)10(13)8-5-4-7(14-3)6-9(8)12/h4-6,12H,1-3H3. The lowest BCUT2D eigenvalue weighted by atomic mass is 10.2. The number of thioether (sulfide) groups is 1. The summed E-state index contributed by atoms with van der Waals surface area (Å²) >= 11 is 1.53. The van der Waals surface area contributed by atoms with E-state index in [1.807, 2.05) is 12.3 Å². The molecule has 0 saturated carbocycles. The van der Waals surface area contributed by atoms with E-state index in [2.05, 4.69) is 0 Å². The Morgan fingerprint density at radius 3 is 2.50 bits per heavy atom. The van der Waals surface area contributed by atoms with Crippen molar-refractivity contribution in [3.8, 4) is 5.75 Å². The number of carbonyl (C=O) groups excluding carboxylic acids is 1. The van der Waals surface area contributed by atoms with E-state index in [1.54, 1.807) is 26.2 Å². The van der Waals surface area contributed by atoms with Crippen LogP contribution in [0.15, 0.2) is 23.1 Å². The summed E-state index contributed by atoms with van der Waals surface area (Å²) < 4.78 is 0. The highest BCUT2D eigenvalue weighted by Gasteiger charge is 2.12. The lowest BCUT2D eigenvalue weighted by Crippen LogP contribution is -2.21. The van der Waals surface area contributed by atoms with Gasteiger partial charge in [-0.25, -0.2) is 0 Å². The average molecular weight is 211 g/mol. The molecule has 14 heavy (non-hydrogen) atoms. The van der Waals surface area contributed by atoms with Gasteiger partial charge in [-0.2, -0.15) is 0 Å². The summed E-state index contributed by atoms with van der Waals surface area (Å²) in [7, 11) is 3.31. The van der Waals surface area contributed by atoms with Gasteiger partial charge in [0.05, 0.1) is 5.56 Å². The summed E-state index contributed by atoms with van der Waals surface area (Å²) in [6.45, 7) is 0. The first-order valence-corrected chi connectivity index (χ1v) is 5.37. The van der Waals surface area contributed by atoms with Crippen molar-refractivity contribution >= 4 is 17.7 Å². The van der Waals surface area contributed by atoms with Crippen LogP contribution in [0.4, 0.5) is 0 Å². The number of phenols is 1. The van der Waals surface area contributed by atoms with Crippen LogP contribution in [0.25, 0.3) is 0 Å². The molecule has 0 aliphatic heterocycles. The molecule has 1 aromatic rings. The molecule has 4 heteroatoms. The third kappa shape index (κ3) is 2.20. The summed E-state index contributed by atoms with van der Waals surface area (Å²) in [5, 5.41) is 9.58. The molecule has 3 nitrogen and oxygen atoms in total. The van der Waals surface area contributed by atoms with Crippen molar-refractivity contribution in [1.29, 1.82) is 0 Å². The van der Waals surface area contributed by atoms with Gasteiger partial charge in [0.2, 0.25) is 0 Å². The van der Waals surface area contributed by atoms with Gasteiger partial charge in [-0.1, -0.05) is 0 Å². The third-order valence-corrected chi connectivity index (χ3v) is 2.57. The largest absolute Gasteiger partial charge is 0.507 e. The molecule has 1 rings (SSSR count). The van der Waals surface area contributed by atoms with Crippen LogP contribution in [0.5, 0.6) is 5.75 Å². The first-order valence-electron chi connectivity index (χ1n) is 4.15. The average Bonchev–Trinajstić information content (AvgIpc) is 2.16. The fourth-order valence-electron chi connectivity index (χ4n) is 1.06. The van der Waals surface area contributed by atoms with Crippen molar-refractivity contribution in [2.75, 3.05) is 20.4 Å². The molecule has 0 radical (unpaired) electrons. The van der Waals surface area contributed by atoms with Crippen LogP contribution in [-0.2, 0) is 0 Å². The highest BCUT2D eigenvalue weighted by atomic mass is 32.2. The molecule has 0 aromatic heterocycles. The number of carbonyl (C=O) groups is 1. The molecule has 0 unspecified atom stereocenters. The Kier molecular flexibility index (Phi) is 3.41. The van der Waals surface area contributed by atoms with Crippen LogP contribution in [0.1, 0.15) is 10.4 Å². The Labute approximate surface area is 87.7 Å². The van der Waals surface area contributed by atoms with Crippen molar-refractivity contribution in [3.05, 3.63) is 23.8 Å². The molecule has 0 bridgehead atoms. The Hall–Kier alpha value is -1.16. The molecular weight excluding hydrogens is 198 g/mol. The monoisotopic (exact) mass is 211 g/mol.